The van der Waals surface area contributed by atoms with Crippen LogP contribution in [0.5, 0.6) is 0 Å². The Morgan fingerprint density at radius 1 is 1.26 bits per heavy atom. The highest BCUT2D eigenvalue weighted by molar-refractivity contribution is 6.11. The molecular weight excluding hydrogens is 396 g/mol. The van der Waals surface area contributed by atoms with Gasteiger partial charge in [-0.25, -0.2) is 15.0 Å². The number of nitrogens with one attached hydrogen (secondary N) is 3. The zero-order valence-electron chi connectivity index (χ0n) is 19.5. The topological polar surface area (TPSA) is 130 Å². The molecule has 10 nitrogen and oxygen atoms in total. The van der Waals surface area contributed by atoms with Gasteiger partial charge < -0.3 is 15.6 Å². The molecule has 0 unspecified atom stereocenters. The lowest BCUT2D eigenvalue weighted by Crippen LogP contribution is -2.19. The highest BCUT2D eigenvalue weighted by Gasteiger charge is 2.30. The zero-order valence-corrected chi connectivity index (χ0v) is 16.5. The number of fused-ring (bicyclic) bond motifs is 1. The lowest BCUT2D eigenvalue weighted by atomic mass is 10.1. The highest BCUT2D eigenvalue weighted by Crippen LogP contribution is 2.33. The molecule has 156 valence electrons. The van der Waals surface area contributed by atoms with Crippen molar-refractivity contribution < 1.29 is 13.7 Å². The van der Waals surface area contributed by atoms with E-state index in [0.717, 1.165) is 12.8 Å². The van der Waals surface area contributed by atoms with Crippen LogP contribution in [0.25, 0.3) is 33.8 Å². The van der Waals surface area contributed by atoms with E-state index in [2.05, 4.69) is 30.4 Å². The monoisotopic (exact) mass is 419 g/mol. The van der Waals surface area contributed by atoms with E-state index in [1.165, 1.54) is 6.20 Å². The summed E-state index contributed by atoms with van der Waals surface area (Å²) in [6.45, 7) is -2.66. The van der Waals surface area contributed by atoms with Crippen molar-refractivity contribution in [1.29, 1.82) is 0 Å². The van der Waals surface area contributed by atoms with Crippen molar-refractivity contribution in [3.05, 3.63) is 42.4 Å². The third-order valence-electron chi connectivity index (χ3n) is 5.07. The molecule has 0 aliphatic heterocycles. The smallest absolute Gasteiger partial charge is 0.253 e. The number of aromatic nitrogens is 6. The predicted octanol–water partition coefficient (Wildman–Crippen LogP) is 2.13. The molecular formula is C21H20N8O2. The summed E-state index contributed by atoms with van der Waals surface area (Å²) in [6.07, 6.45) is 4.47. The first kappa shape index (κ1) is 15.7. The van der Waals surface area contributed by atoms with Gasteiger partial charge >= 0.3 is 0 Å². The van der Waals surface area contributed by atoms with E-state index >= 15 is 0 Å². The van der Waals surface area contributed by atoms with Crippen molar-refractivity contribution >= 4 is 28.5 Å². The summed E-state index contributed by atoms with van der Waals surface area (Å²) >= 11 is 0. The van der Waals surface area contributed by atoms with Gasteiger partial charge in [0.05, 0.1) is 22.5 Å². The summed E-state index contributed by atoms with van der Waals surface area (Å²) in [7, 11) is 1.76. The summed E-state index contributed by atoms with van der Waals surface area (Å²) in [5.41, 5.74) is 2.09. The molecule has 10 heteroatoms. The van der Waals surface area contributed by atoms with Crippen LogP contribution in [0.2, 0.25) is 0 Å². The van der Waals surface area contributed by atoms with Crippen LogP contribution in [0.4, 0.5) is 5.82 Å². The van der Waals surface area contributed by atoms with Crippen molar-refractivity contribution in [2.75, 3.05) is 12.3 Å². The molecule has 2 amide bonds. The fourth-order valence-electron chi connectivity index (χ4n) is 3.33. The second kappa shape index (κ2) is 7.31. The van der Waals surface area contributed by atoms with Gasteiger partial charge in [0.2, 0.25) is 5.91 Å². The van der Waals surface area contributed by atoms with Crippen molar-refractivity contribution in [3.63, 3.8) is 0 Å². The maximum absolute atomic E-state index is 12.7. The Kier molecular flexibility index (Phi) is 3.71. The molecule has 3 N–H and O–H groups in total. The normalized spacial score (nSPS) is 15.2. The second-order valence-electron chi connectivity index (χ2n) is 7.36. The number of hydrogen-bond acceptors (Lipinski definition) is 6. The van der Waals surface area contributed by atoms with Crippen LogP contribution in [-0.2, 0) is 11.8 Å². The van der Waals surface area contributed by atoms with Crippen molar-refractivity contribution in [2.45, 2.75) is 12.8 Å². The molecule has 1 aliphatic rings. The number of aryl methyl sites for hydroxylation is 1. The average molecular weight is 419 g/mol. The quantitative estimate of drug-likeness (QED) is 0.454. The van der Waals surface area contributed by atoms with E-state index in [4.69, 9.17) is 4.11 Å². The Morgan fingerprint density at radius 2 is 2.10 bits per heavy atom. The summed E-state index contributed by atoms with van der Waals surface area (Å²) in [5, 5.41) is 9.45. The van der Waals surface area contributed by atoms with E-state index in [1.54, 1.807) is 42.3 Å². The first-order valence-corrected chi connectivity index (χ1v) is 9.66. The number of rotatable bonds is 5. The van der Waals surface area contributed by atoms with Crippen LogP contribution in [-0.4, -0.2) is 48.5 Å². The van der Waals surface area contributed by atoms with Gasteiger partial charge in [-0.15, -0.1) is 5.10 Å². The summed E-state index contributed by atoms with van der Waals surface area (Å²) in [6, 6.07) is 7.03. The van der Waals surface area contributed by atoms with Crippen LogP contribution in [0, 0.1) is 5.92 Å². The van der Waals surface area contributed by atoms with Gasteiger partial charge in [-0.3, -0.25) is 14.3 Å². The molecule has 0 aromatic carbocycles. The van der Waals surface area contributed by atoms with E-state index in [1.807, 2.05) is 5.32 Å². The number of nitrogens with zero attached hydrogens (tertiary/aromatic N) is 5. The second-order valence-corrected chi connectivity index (χ2v) is 7.36. The molecule has 0 radical (unpaired) electrons. The average Bonchev–Trinajstić information content (AvgIpc) is 3.39. The lowest BCUT2D eigenvalue weighted by molar-refractivity contribution is -0.117. The third kappa shape index (κ3) is 3.52. The highest BCUT2D eigenvalue weighted by atomic mass is 16.2. The fourth-order valence-corrected chi connectivity index (χ4v) is 3.33. The predicted molar refractivity (Wildman–Crippen MR) is 114 cm³/mol. The first-order chi connectivity index (χ1) is 16.2. The van der Waals surface area contributed by atoms with Crippen molar-refractivity contribution in [3.8, 4) is 22.9 Å². The molecule has 0 atom stereocenters. The van der Waals surface area contributed by atoms with Gasteiger partial charge in [0.1, 0.15) is 12.0 Å². The SMILES string of the molecule is [2H]C([2H])([2H])NC(=O)c1cnc(NC(=O)C2CC2)c2[nH]c(-c3cccc(-c4ncn(C)n4)n3)cc12. The molecule has 1 saturated carbocycles. The molecule has 1 aliphatic carbocycles. The molecule has 0 bridgehead atoms. The number of carbonyl (C=O) groups is 2. The molecule has 0 saturated heterocycles. The van der Waals surface area contributed by atoms with Gasteiger partial charge in [0, 0.05) is 35.6 Å². The number of aromatic amines is 1. The molecule has 31 heavy (non-hydrogen) atoms. The maximum Gasteiger partial charge on any atom is 0.253 e. The van der Waals surface area contributed by atoms with Gasteiger partial charge in [0.15, 0.2) is 11.6 Å². The zero-order chi connectivity index (χ0) is 24.0. The molecule has 4 heterocycles. The number of carbonyl (C=O) groups excluding carboxylic acids is 2. The molecule has 4 aromatic heterocycles. The van der Waals surface area contributed by atoms with Gasteiger partial charge in [0.25, 0.3) is 5.91 Å². The number of amides is 2. The molecule has 0 spiro atoms. The minimum atomic E-state index is -2.66. The lowest BCUT2D eigenvalue weighted by Gasteiger charge is -2.07. The van der Waals surface area contributed by atoms with E-state index in [0.29, 0.717) is 33.8 Å². The number of anilines is 1. The summed E-state index contributed by atoms with van der Waals surface area (Å²) < 4.78 is 23.6. The molecule has 5 rings (SSSR count). The van der Waals surface area contributed by atoms with Gasteiger partial charge in [-0.2, -0.15) is 0 Å². The molecule has 1 fully saturated rings. The largest absolute Gasteiger partial charge is 0.355 e. The first-order valence-electron chi connectivity index (χ1n) is 11.2. The van der Waals surface area contributed by atoms with Crippen LogP contribution < -0.4 is 10.6 Å². The minimum absolute atomic E-state index is 0.0472. The Bertz CT molecular complexity index is 1420. The van der Waals surface area contributed by atoms with Crippen molar-refractivity contribution in [2.24, 2.45) is 13.0 Å². The van der Waals surface area contributed by atoms with Crippen LogP contribution >= 0.6 is 0 Å². The standard InChI is InChI=1S/C21H20N8O2/c1-22-21(31)13-9-23-19(27-20(30)11-6-7-11)17-12(13)8-16(26-17)14-4-3-5-15(25-14)18-24-10-29(2)28-18/h3-5,8-11,26H,6-7H2,1-2H3,(H,22,31)(H,23,27,30)/i1D3. The maximum atomic E-state index is 12.7. The van der Waals surface area contributed by atoms with Gasteiger partial charge in [-0.1, -0.05) is 6.07 Å². The van der Waals surface area contributed by atoms with Crippen LogP contribution in [0.3, 0.4) is 0 Å². The Labute approximate surface area is 181 Å². The minimum Gasteiger partial charge on any atom is -0.355 e. The van der Waals surface area contributed by atoms with Crippen molar-refractivity contribution in [1.82, 2.24) is 35.0 Å². The van der Waals surface area contributed by atoms with E-state index < -0.39 is 12.9 Å². The third-order valence-corrected chi connectivity index (χ3v) is 5.07. The van der Waals surface area contributed by atoms with Crippen LogP contribution in [0.15, 0.2) is 36.8 Å². The summed E-state index contributed by atoms with van der Waals surface area (Å²) in [4.78, 5) is 41.3. The Balaban J connectivity index is 1.59. The molecule has 4 aromatic rings. The van der Waals surface area contributed by atoms with E-state index in [-0.39, 0.29) is 23.2 Å². The number of H-pyrrole nitrogens is 1. The van der Waals surface area contributed by atoms with Crippen LogP contribution in [0.1, 0.15) is 27.3 Å². The van der Waals surface area contributed by atoms with E-state index in [9.17, 15) is 9.59 Å². The summed E-state index contributed by atoms with van der Waals surface area (Å²) in [5.74, 6) is -0.286. The fraction of sp³-hybridized carbons (Fsp3) is 0.238. The number of pyridine rings is 2. The Morgan fingerprint density at radius 3 is 2.84 bits per heavy atom. The Hall–Kier alpha value is -4.08. The van der Waals surface area contributed by atoms with Gasteiger partial charge in [-0.05, 0) is 31.0 Å². The number of hydrogen-bond donors (Lipinski definition) is 3.